The highest BCUT2D eigenvalue weighted by atomic mass is 32.2. The normalized spacial score (nSPS) is 11.9. The van der Waals surface area contributed by atoms with Crippen LogP contribution in [0.4, 0.5) is 4.39 Å². The molecule has 1 aromatic heterocycles. The average molecular weight is 467 g/mol. The summed E-state index contributed by atoms with van der Waals surface area (Å²) in [6, 6.07) is 12.5. The summed E-state index contributed by atoms with van der Waals surface area (Å²) in [4.78, 5) is 0.150. The quantitative estimate of drug-likeness (QED) is 0.341. The maximum atomic E-state index is 13.5. The number of hydrogen-bond donors (Lipinski definition) is 2. The average Bonchev–Trinajstić information content (AvgIpc) is 3.18. The fourth-order valence-electron chi connectivity index (χ4n) is 2.85. The minimum absolute atomic E-state index is 0.118. The van der Waals surface area contributed by atoms with E-state index in [0.29, 0.717) is 28.8 Å². The molecule has 0 aliphatic rings. The lowest BCUT2D eigenvalue weighted by molar-refractivity contribution is -0.651. The number of aromatic nitrogens is 3. The number of hydrogen-bond acceptors (Lipinski definition) is 6. The fourth-order valence-corrected chi connectivity index (χ4v) is 4.68. The first-order chi connectivity index (χ1) is 14.8. The topological polar surface area (TPSA) is 105 Å². The van der Waals surface area contributed by atoms with E-state index in [2.05, 4.69) is 10.2 Å². The van der Waals surface area contributed by atoms with E-state index in [-0.39, 0.29) is 17.3 Å². The molecule has 3 N–H and O–H groups in total. The SMILES string of the molecule is CN(C)S(=O)(=O)c1cccc(-c2nnc(SCC[NH2+]CCO)n2-c2ccc(F)cc2)c1. The van der Waals surface area contributed by atoms with Gasteiger partial charge in [-0.15, -0.1) is 10.2 Å². The van der Waals surface area contributed by atoms with Crippen LogP contribution in [0, 0.1) is 5.82 Å². The van der Waals surface area contributed by atoms with Crippen molar-refractivity contribution in [2.75, 3.05) is 39.5 Å². The molecule has 3 aromatic rings. The van der Waals surface area contributed by atoms with E-state index >= 15 is 0 Å². The van der Waals surface area contributed by atoms with Crippen LogP contribution in [0.3, 0.4) is 0 Å². The summed E-state index contributed by atoms with van der Waals surface area (Å²) in [5.41, 5.74) is 1.25. The maximum Gasteiger partial charge on any atom is 0.242 e. The van der Waals surface area contributed by atoms with E-state index in [1.807, 2.05) is 5.32 Å². The van der Waals surface area contributed by atoms with Gasteiger partial charge >= 0.3 is 0 Å². The molecular formula is C20H25FN5O3S2+. The lowest BCUT2D eigenvalue weighted by Crippen LogP contribution is -2.85. The standard InChI is InChI=1S/C20H24FN5O3S2/c1-25(2)31(28,29)18-5-3-4-15(14-18)19-23-24-20(30-13-11-22-10-12-27)26(19)17-8-6-16(21)7-9-17/h3-9,14,22,27H,10-13H2,1-2H3/p+1. The van der Waals surface area contributed by atoms with Crippen molar-refractivity contribution in [3.63, 3.8) is 0 Å². The number of benzene rings is 2. The Bertz CT molecular complexity index is 1120. The van der Waals surface area contributed by atoms with Crippen LogP contribution < -0.4 is 5.32 Å². The van der Waals surface area contributed by atoms with Crippen LogP contribution in [-0.4, -0.2) is 72.1 Å². The summed E-state index contributed by atoms with van der Waals surface area (Å²) in [6.07, 6.45) is 0. The largest absolute Gasteiger partial charge is 0.391 e. The molecule has 2 aromatic carbocycles. The van der Waals surface area contributed by atoms with Crippen LogP contribution in [0.1, 0.15) is 0 Å². The first-order valence-corrected chi connectivity index (χ1v) is 12.1. The zero-order valence-corrected chi connectivity index (χ0v) is 18.9. The van der Waals surface area contributed by atoms with Crippen molar-refractivity contribution in [2.45, 2.75) is 10.1 Å². The Morgan fingerprint density at radius 1 is 1.13 bits per heavy atom. The Morgan fingerprint density at radius 2 is 1.87 bits per heavy atom. The van der Waals surface area contributed by atoms with Crippen LogP contribution >= 0.6 is 11.8 Å². The van der Waals surface area contributed by atoms with E-state index in [1.54, 1.807) is 34.9 Å². The van der Waals surface area contributed by atoms with Gasteiger partial charge in [0.15, 0.2) is 11.0 Å². The van der Waals surface area contributed by atoms with Gasteiger partial charge in [0.2, 0.25) is 10.0 Å². The van der Waals surface area contributed by atoms with Crippen molar-refractivity contribution < 1.29 is 23.2 Å². The molecule has 0 bridgehead atoms. The lowest BCUT2D eigenvalue weighted by atomic mass is 10.2. The Labute approximate surface area is 185 Å². The van der Waals surface area contributed by atoms with Gasteiger partial charge in [0.05, 0.1) is 30.3 Å². The maximum absolute atomic E-state index is 13.5. The summed E-state index contributed by atoms with van der Waals surface area (Å²) in [5.74, 6) is 0.837. The van der Waals surface area contributed by atoms with E-state index in [1.165, 1.54) is 44.1 Å². The smallest absolute Gasteiger partial charge is 0.242 e. The summed E-state index contributed by atoms with van der Waals surface area (Å²) in [6.45, 7) is 1.53. The van der Waals surface area contributed by atoms with E-state index in [4.69, 9.17) is 5.11 Å². The van der Waals surface area contributed by atoms with Crippen molar-refractivity contribution in [1.82, 2.24) is 19.1 Å². The molecule has 0 aliphatic carbocycles. The molecule has 8 nitrogen and oxygen atoms in total. The molecule has 0 saturated carbocycles. The summed E-state index contributed by atoms with van der Waals surface area (Å²) >= 11 is 1.48. The highest BCUT2D eigenvalue weighted by Crippen LogP contribution is 2.29. The zero-order valence-electron chi connectivity index (χ0n) is 17.3. The van der Waals surface area contributed by atoms with Crippen LogP contribution in [-0.2, 0) is 10.0 Å². The Morgan fingerprint density at radius 3 is 2.55 bits per heavy atom. The van der Waals surface area contributed by atoms with Crippen LogP contribution in [0.5, 0.6) is 0 Å². The molecule has 0 fully saturated rings. The van der Waals surface area contributed by atoms with E-state index < -0.39 is 10.0 Å². The Kier molecular flexibility index (Phi) is 7.79. The first-order valence-electron chi connectivity index (χ1n) is 9.64. The predicted molar refractivity (Wildman–Crippen MR) is 117 cm³/mol. The third-order valence-corrected chi connectivity index (χ3v) is 7.25. The third kappa shape index (κ3) is 5.49. The van der Waals surface area contributed by atoms with Gasteiger partial charge < -0.3 is 10.4 Å². The number of aliphatic hydroxyl groups excluding tert-OH is 1. The van der Waals surface area contributed by atoms with Crippen molar-refractivity contribution in [3.05, 3.63) is 54.3 Å². The number of quaternary nitrogens is 1. The summed E-state index contributed by atoms with van der Waals surface area (Å²) < 4.78 is 41.5. The fraction of sp³-hybridized carbons (Fsp3) is 0.300. The van der Waals surface area contributed by atoms with Crippen molar-refractivity contribution in [1.29, 1.82) is 0 Å². The zero-order chi connectivity index (χ0) is 22.4. The number of rotatable bonds is 10. The second-order valence-electron chi connectivity index (χ2n) is 6.87. The number of sulfonamides is 1. The molecule has 0 spiro atoms. The molecular weight excluding hydrogens is 441 g/mol. The summed E-state index contributed by atoms with van der Waals surface area (Å²) in [5, 5.41) is 20.1. The minimum Gasteiger partial charge on any atom is -0.391 e. The molecule has 0 radical (unpaired) electrons. The minimum atomic E-state index is -3.61. The molecule has 11 heteroatoms. The summed E-state index contributed by atoms with van der Waals surface area (Å²) in [7, 11) is -0.655. The molecule has 0 unspecified atom stereocenters. The van der Waals surface area contributed by atoms with E-state index in [9.17, 15) is 12.8 Å². The molecule has 0 amide bonds. The number of nitrogens with two attached hydrogens (primary N) is 1. The molecule has 0 aliphatic heterocycles. The van der Waals surface area contributed by atoms with Gasteiger partial charge in [-0.3, -0.25) is 4.57 Å². The van der Waals surface area contributed by atoms with E-state index in [0.717, 1.165) is 16.6 Å². The van der Waals surface area contributed by atoms with Crippen LogP contribution in [0.25, 0.3) is 17.1 Å². The van der Waals surface area contributed by atoms with Gasteiger partial charge in [0.1, 0.15) is 5.82 Å². The number of thioether (sulfide) groups is 1. The number of halogens is 1. The van der Waals surface area contributed by atoms with Gasteiger partial charge in [0.25, 0.3) is 0 Å². The number of nitrogens with zero attached hydrogens (tertiary/aromatic N) is 4. The first kappa shape index (κ1) is 23.4. The van der Waals surface area contributed by atoms with Crippen LogP contribution in [0.2, 0.25) is 0 Å². The molecule has 0 atom stereocenters. The lowest BCUT2D eigenvalue weighted by Gasteiger charge is -2.13. The predicted octanol–water partition coefficient (Wildman–Crippen LogP) is 0.972. The second kappa shape index (κ2) is 10.3. The van der Waals surface area contributed by atoms with Gasteiger partial charge in [-0.1, -0.05) is 23.9 Å². The Hall–Kier alpha value is -2.31. The second-order valence-corrected chi connectivity index (χ2v) is 10.1. The third-order valence-electron chi connectivity index (χ3n) is 4.48. The van der Waals surface area contributed by atoms with Gasteiger partial charge in [-0.2, -0.15) is 0 Å². The molecule has 1 heterocycles. The van der Waals surface area contributed by atoms with Crippen LogP contribution in [0.15, 0.2) is 58.6 Å². The van der Waals surface area contributed by atoms with Crippen molar-refractivity contribution in [2.24, 2.45) is 0 Å². The molecule has 166 valence electrons. The van der Waals surface area contributed by atoms with Gasteiger partial charge in [-0.25, -0.2) is 17.1 Å². The van der Waals surface area contributed by atoms with Crippen molar-refractivity contribution in [3.8, 4) is 17.1 Å². The van der Waals surface area contributed by atoms with Gasteiger partial charge in [-0.05, 0) is 36.4 Å². The molecule has 0 saturated heterocycles. The Balaban J connectivity index is 2.01. The van der Waals surface area contributed by atoms with Gasteiger partial charge in [0, 0.05) is 25.3 Å². The highest BCUT2D eigenvalue weighted by molar-refractivity contribution is 7.99. The molecule has 31 heavy (non-hydrogen) atoms. The number of aliphatic hydroxyl groups is 1. The highest BCUT2D eigenvalue weighted by Gasteiger charge is 2.21. The monoisotopic (exact) mass is 466 g/mol. The molecule has 3 rings (SSSR count). The van der Waals surface area contributed by atoms with Crippen molar-refractivity contribution >= 4 is 21.8 Å².